The lowest BCUT2D eigenvalue weighted by atomic mass is 9.81. The second kappa shape index (κ2) is 8.88. The molecule has 0 aliphatic carbocycles. The Morgan fingerprint density at radius 3 is 2.53 bits per heavy atom. The van der Waals surface area contributed by atoms with E-state index >= 15 is 4.39 Å². The van der Waals surface area contributed by atoms with E-state index in [-0.39, 0.29) is 33.2 Å². The molecule has 11 heteroatoms. The summed E-state index contributed by atoms with van der Waals surface area (Å²) in [6.45, 7) is 0. The predicted octanol–water partition coefficient (Wildman–Crippen LogP) is 3.25. The number of esters is 2. The number of H-pyrrole nitrogens is 1. The van der Waals surface area contributed by atoms with Gasteiger partial charge in [-0.15, -0.1) is 0 Å². The Balaban J connectivity index is 2.14. The van der Waals surface area contributed by atoms with Crippen molar-refractivity contribution < 1.29 is 23.5 Å². The van der Waals surface area contributed by atoms with Gasteiger partial charge in [-0.25, -0.2) is 19.0 Å². The van der Waals surface area contributed by atoms with Crippen molar-refractivity contribution in [3.63, 3.8) is 0 Å². The van der Waals surface area contributed by atoms with Crippen molar-refractivity contribution in [1.82, 2.24) is 9.97 Å². The molecule has 0 fully saturated rings. The summed E-state index contributed by atoms with van der Waals surface area (Å²) in [5, 5.41) is 9.89. The maximum absolute atomic E-state index is 15.7. The molecule has 1 unspecified atom stereocenters. The molecule has 4 rings (SSSR count). The van der Waals surface area contributed by atoms with E-state index in [2.05, 4.69) is 9.97 Å². The third-order valence-corrected chi connectivity index (χ3v) is 5.70. The Bertz CT molecular complexity index is 1420. The van der Waals surface area contributed by atoms with Gasteiger partial charge in [0.1, 0.15) is 22.7 Å². The van der Waals surface area contributed by atoms with Gasteiger partial charge in [0.2, 0.25) is 0 Å². The van der Waals surface area contributed by atoms with Gasteiger partial charge in [-0.2, -0.15) is 5.26 Å². The van der Waals surface area contributed by atoms with E-state index in [1.54, 1.807) is 30.3 Å². The molecule has 3 N–H and O–H groups in total. The third kappa shape index (κ3) is 3.43. The maximum atomic E-state index is 15.7. The van der Waals surface area contributed by atoms with E-state index in [9.17, 15) is 14.9 Å². The minimum atomic E-state index is -1.08. The zero-order valence-corrected chi connectivity index (χ0v) is 18.7. The van der Waals surface area contributed by atoms with Crippen LogP contribution < -0.4 is 10.6 Å². The summed E-state index contributed by atoms with van der Waals surface area (Å²) in [6, 6.07) is 11.8. The van der Waals surface area contributed by atoms with Crippen LogP contribution in [-0.2, 0) is 19.1 Å². The molecule has 2 aromatic carbocycles. The zero-order valence-electron chi connectivity index (χ0n) is 17.9. The molecule has 0 radical (unpaired) electrons. The summed E-state index contributed by atoms with van der Waals surface area (Å²) in [5.74, 6) is -4.26. The van der Waals surface area contributed by atoms with Crippen LogP contribution in [0.25, 0.3) is 11.0 Å². The number of carbonyl (C=O) groups is 2. The van der Waals surface area contributed by atoms with Crippen LogP contribution >= 0.6 is 11.6 Å². The molecule has 0 amide bonds. The number of methoxy groups -OCH3 is 2. The number of anilines is 1. The van der Waals surface area contributed by atoms with Gasteiger partial charge in [0.15, 0.2) is 5.82 Å². The average molecular weight is 482 g/mol. The van der Waals surface area contributed by atoms with Crippen LogP contribution in [0.1, 0.15) is 11.5 Å². The summed E-state index contributed by atoms with van der Waals surface area (Å²) in [5.41, 5.74) is 5.89. The number of hydrogen-bond acceptors (Lipinski definition) is 8. The molecule has 3 aromatic rings. The van der Waals surface area contributed by atoms with Crippen molar-refractivity contribution in [3.05, 3.63) is 81.8 Å². The summed E-state index contributed by atoms with van der Waals surface area (Å²) < 4.78 is 25.5. The number of carbonyl (C=O) groups excluding carboxylic acids is 2. The smallest absolute Gasteiger partial charge is 0.355 e. The first-order chi connectivity index (χ1) is 16.3. The Morgan fingerprint density at radius 2 is 1.91 bits per heavy atom. The maximum Gasteiger partial charge on any atom is 0.355 e. The highest BCUT2D eigenvalue weighted by molar-refractivity contribution is 6.34. The second-order valence-corrected chi connectivity index (χ2v) is 7.56. The quantitative estimate of drug-likeness (QED) is 0.542. The van der Waals surface area contributed by atoms with E-state index in [1.165, 1.54) is 12.4 Å². The molecular weight excluding hydrogens is 465 g/mol. The average Bonchev–Trinajstić information content (AvgIpc) is 3.32. The summed E-state index contributed by atoms with van der Waals surface area (Å²) in [7, 11) is 2.21. The lowest BCUT2D eigenvalue weighted by Gasteiger charge is -2.36. The van der Waals surface area contributed by atoms with E-state index in [0.717, 1.165) is 19.1 Å². The summed E-state index contributed by atoms with van der Waals surface area (Å²) >= 11 is 6.40. The highest BCUT2D eigenvalue weighted by atomic mass is 35.5. The number of aromatic amines is 1. The normalized spacial score (nSPS) is 16.0. The van der Waals surface area contributed by atoms with E-state index < -0.39 is 29.4 Å². The van der Waals surface area contributed by atoms with Crippen molar-refractivity contribution in [1.29, 1.82) is 5.26 Å². The molecule has 1 aromatic heterocycles. The molecule has 1 aliphatic heterocycles. The standard InChI is InChI=1S/C23H17ClFN5O4/c1-33-22(31)16-15(11-6-4-3-5-7-11)12(9-26)21(27)30(20(16)23(32)34-2)19-13(24)8-14-18(17(19)25)29-10-28-14/h3-8,10,15H,27H2,1-2H3,(H,28,29). The van der Waals surface area contributed by atoms with E-state index in [0.29, 0.717) is 11.1 Å². The number of halogens is 2. The zero-order chi connectivity index (χ0) is 24.6. The Hall–Kier alpha value is -4.36. The first kappa shape index (κ1) is 22.8. The number of rotatable bonds is 4. The minimum Gasteiger partial charge on any atom is -0.466 e. The van der Waals surface area contributed by atoms with Crippen molar-refractivity contribution in [2.24, 2.45) is 5.73 Å². The molecule has 34 heavy (non-hydrogen) atoms. The van der Waals surface area contributed by atoms with Gasteiger partial charge >= 0.3 is 11.9 Å². The molecule has 2 heterocycles. The van der Waals surface area contributed by atoms with Gasteiger partial charge in [0, 0.05) is 0 Å². The Morgan fingerprint density at radius 1 is 1.24 bits per heavy atom. The number of benzene rings is 2. The van der Waals surface area contributed by atoms with Crippen LogP contribution in [0.5, 0.6) is 0 Å². The molecule has 1 aliphatic rings. The fourth-order valence-electron chi connectivity index (χ4n) is 3.95. The lowest BCUT2D eigenvalue weighted by molar-refractivity contribution is -0.139. The molecule has 172 valence electrons. The monoisotopic (exact) mass is 481 g/mol. The first-order valence-electron chi connectivity index (χ1n) is 9.82. The number of nitrogens with zero attached hydrogens (tertiary/aromatic N) is 3. The number of hydrogen-bond donors (Lipinski definition) is 2. The van der Waals surface area contributed by atoms with Crippen molar-refractivity contribution in [2.75, 3.05) is 19.1 Å². The third-order valence-electron chi connectivity index (χ3n) is 5.42. The topological polar surface area (TPSA) is 134 Å². The van der Waals surface area contributed by atoms with Crippen molar-refractivity contribution >= 4 is 40.3 Å². The summed E-state index contributed by atoms with van der Waals surface area (Å²) in [6.07, 6.45) is 1.27. The second-order valence-electron chi connectivity index (χ2n) is 7.15. The molecule has 9 nitrogen and oxygen atoms in total. The van der Waals surface area contributed by atoms with Crippen LogP contribution in [-0.4, -0.2) is 36.1 Å². The number of fused-ring (bicyclic) bond motifs is 1. The number of nitriles is 1. The Labute approximate surface area is 197 Å². The first-order valence-corrected chi connectivity index (χ1v) is 10.2. The SMILES string of the molecule is COC(=O)C1=C(C(=O)OC)N(c2c(Cl)cc3[nH]cnc3c2F)C(N)=C(C#N)C1c1ccccc1. The fourth-order valence-corrected chi connectivity index (χ4v) is 4.23. The van der Waals surface area contributed by atoms with Gasteiger partial charge < -0.3 is 20.2 Å². The van der Waals surface area contributed by atoms with Crippen LogP contribution in [0.2, 0.25) is 5.02 Å². The van der Waals surface area contributed by atoms with Gasteiger partial charge in [-0.05, 0) is 11.6 Å². The minimum absolute atomic E-state index is 0.0836. The highest BCUT2D eigenvalue weighted by Crippen LogP contribution is 2.46. The van der Waals surface area contributed by atoms with Crippen LogP contribution in [0.4, 0.5) is 10.1 Å². The van der Waals surface area contributed by atoms with Gasteiger partial charge in [0.05, 0.1) is 54.2 Å². The summed E-state index contributed by atoms with van der Waals surface area (Å²) in [4.78, 5) is 33.7. The van der Waals surface area contributed by atoms with Crippen LogP contribution in [0, 0.1) is 17.1 Å². The lowest BCUT2D eigenvalue weighted by Crippen LogP contribution is -2.41. The van der Waals surface area contributed by atoms with Crippen LogP contribution in [0.15, 0.2) is 65.4 Å². The predicted molar refractivity (Wildman–Crippen MR) is 121 cm³/mol. The molecule has 1 atom stereocenters. The number of ether oxygens (including phenoxy) is 2. The number of imidazole rings is 1. The molecular formula is C23H17ClFN5O4. The van der Waals surface area contributed by atoms with Crippen LogP contribution in [0.3, 0.4) is 0 Å². The largest absolute Gasteiger partial charge is 0.466 e. The van der Waals surface area contributed by atoms with Gasteiger partial charge in [0.25, 0.3) is 0 Å². The highest BCUT2D eigenvalue weighted by Gasteiger charge is 2.44. The molecule has 0 spiro atoms. The van der Waals surface area contributed by atoms with Crippen molar-refractivity contribution in [2.45, 2.75) is 5.92 Å². The number of nitrogens with two attached hydrogens (primary N) is 1. The number of allylic oxidation sites excluding steroid dienone is 1. The fraction of sp³-hybridized carbons (Fsp3) is 0.130. The van der Waals surface area contributed by atoms with Gasteiger partial charge in [-0.1, -0.05) is 41.9 Å². The van der Waals surface area contributed by atoms with E-state index in [1.807, 2.05) is 6.07 Å². The molecule has 0 saturated carbocycles. The number of nitrogens with one attached hydrogen (secondary N) is 1. The Kier molecular flexibility index (Phi) is 5.96. The number of aromatic nitrogens is 2. The van der Waals surface area contributed by atoms with E-state index in [4.69, 9.17) is 26.8 Å². The van der Waals surface area contributed by atoms with Gasteiger partial charge in [-0.3, -0.25) is 4.90 Å². The molecule has 0 bridgehead atoms. The van der Waals surface area contributed by atoms with Crippen molar-refractivity contribution in [3.8, 4) is 6.07 Å². The molecule has 0 saturated heterocycles.